The number of aromatic nitrogens is 2. The largest absolute Gasteiger partial charge is 0.465 e. The SMILES string of the molecule is COC(=O)c1ccc2c(=O)n(CC3CCCO3)c(SCC(F)(F)F)nc2c1. The lowest BCUT2D eigenvalue weighted by Crippen LogP contribution is -2.29. The summed E-state index contributed by atoms with van der Waals surface area (Å²) in [6.45, 7) is 0.703. The molecule has 1 aromatic heterocycles. The molecule has 0 N–H and O–H groups in total. The summed E-state index contributed by atoms with van der Waals surface area (Å²) in [4.78, 5) is 28.8. The number of thioether (sulfide) groups is 1. The first-order chi connectivity index (χ1) is 12.8. The molecule has 3 rings (SSSR count). The second-order valence-corrected chi connectivity index (χ2v) is 7.02. The van der Waals surface area contributed by atoms with Gasteiger partial charge >= 0.3 is 12.1 Å². The van der Waals surface area contributed by atoms with Gasteiger partial charge in [-0.05, 0) is 31.0 Å². The Kier molecular flexibility index (Phi) is 5.75. The molecule has 10 heteroatoms. The van der Waals surface area contributed by atoms with Crippen LogP contribution in [-0.2, 0) is 16.0 Å². The molecule has 6 nitrogen and oxygen atoms in total. The monoisotopic (exact) mass is 402 g/mol. The lowest BCUT2D eigenvalue weighted by molar-refractivity contribution is -0.105. The molecule has 2 aromatic rings. The number of carbonyl (C=O) groups is 1. The van der Waals surface area contributed by atoms with E-state index in [9.17, 15) is 22.8 Å². The number of alkyl halides is 3. The fraction of sp³-hybridized carbons (Fsp3) is 0.471. The maximum Gasteiger partial charge on any atom is 0.398 e. The van der Waals surface area contributed by atoms with Crippen LogP contribution in [0.1, 0.15) is 23.2 Å². The second-order valence-electron chi connectivity index (χ2n) is 6.07. The van der Waals surface area contributed by atoms with Crippen LogP contribution in [0.15, 0.2) is 28.2 Å². The third-order valence-corrected chi connectivity index (χ3v) is 5.16. The number of ether oxygens (including phenoxy) is 2. The molecule has 0 amide bonds. The predicted molar refractivity (Wildman–Crippen MR) is 93.1 cm³/mol. The molecule has 27 heavy (non-hydrogen) atoms. The smallest absolute Gasteiger partial charge is 0.398 e. The van der Waals surface area contributed by atoms with Gasteiger partial charge in [0.25, 0.3) is 5.56 Å². The number of esters is 1. The average molecular weight is 402 g/mol. The number of rotatable bonds is 5. The summed E-state index contributed by atoms with van der Waals surface area (Å²) in [6, 6.07) is 4.20. The van der Waals surface area contributed by atoms with Gasteiger partial charge in [0.1, 0.15) is 0 Å². The number of hydrogen-bond donors (Lipinski definition) is 0. The molecule has 1 unspecified atom stereocenters. The van der Waals surface area contributed by atoms with Crippen LogP contribution in [0.25, 0.3) is 10.9 Å². The highest BCUT2D eigenvalue weighted by Gasteiger charge is 2.29. The van der Waals surface area contributed by atoms with Crippen LogP contribution in [0, 0.1) is 0 Å². The normalized spacial score (nSPS) is 17.4. The quantitative estimate of drug-likeness (QED) is 0.435. The zero-order chi connectivity index (χ0) is 19.6. The van der Waals surface area contributed by atoms with Crippen LogP contribution in [-0.4, -0.2) is 47.3 Å². The molecule has 1 atom stereocenters. The summed E-state index contributed by atoms with van der Waals surface area (Å²) in [5.41, 5.74) is -0.145. The van der Waals surface area contributed by atoms with E-state index in [2.05, 4.69) is 9.72 Å². The van der Waals surface area contributed by atoms with Crippen molar-refractivity contribution in [2.45, 2.75) is 36.8 Å². The second kappa shape index (κ2) is 7.89. The Balaban J connectivity index is 2.06. The van der Waals surface area contributed by atoms with Crippen molar-refractivity contribution in [3.8, 4) is 0 Å². The van der Waals surface area contributed by atoms with Gasteiger partial charge in [0.15, 0.2) is 5.16 Å². The van der Waals surface area contributed by atoms with Crippen LogP contribution in [0.5, 0.6) is 0 Å². The number of hydrogen-bond acceptors (Lipinski definition) is 6. The van der Waals surface area contributed by atoms with Crippen molar-refractivity contribution in [3.63, 3.8) is 0 Å². The fourth-order valence-corrected chi connectivity index (χ4v) is 3.62. The predicted octanol–water partition coefficient (Wildman–Crippen LogP) is 3.02. The van der Waals surface area contributed by atoms with Gasteiger partial charge in [0.2, 0.25) is 0 Å². The maximum atomic E-state index is 12.9. The summed E-state index contributed by atoms with van der Waals surface area (Å²) < 4.78 is 49.4. The van der Waals surface area contributed by atoms with E-state index in [1.807, 2.05) is 0 Å². The zero-order valence-corrected chi connectivity index (χ0v) is 15.2. The van der Waals surface area contributed by atoms with Crippen molar-refractivity contribution >= 4 is 28.6 Å². The van der Waals surface area contributed by atoms with Crippen LogP contribution >= 0.6 is 11.8 Å². The van der Waals surface area contributed by atoms with E-state index in [0.29, 0.717) is 18.4 Å². The number of carbonyl (C=O) groups excluding carboxylic acids is 1. The van der Waals surface area contributed by atoms with Gasteiger partial charge in [-0.1, -0.05) is 11.8 Å². The molecule has 0 saturated carbocycles. The topological polar surface area (TPSA) is 70.4 Å². The van der Waals surface area contributed by atoms with Gasteiger partial charge in [-0.25, -0.2) is 9.78 Å². The molecule has 1 saturated heterocycles. The van der Waals surface area contributed by atoms with Crippen LogP contribution < -0.4 is 5.56 Å². The first-order valence-corrected chi connectivity index (χ1v) is 9.21. The van der Waals surface area contributed by atoms with E-state index in [1.54, 1.807) is 0 Å². The summed E-state index contributed by atoms with van der Waals surface area (Å²) >= 11 is 0.441. The van der Waals surface area contributed by atoms with E-state index in [1.165, 1.54) is 29.9 Å². The van der Waals surface area contributed by atoms with Crippen molar-refractivity contribution in [1.82, 2.24) is 9.55 Å². The summed E-state index contributed by atoms with van der Waals surface area (Å²) in [5.74, 6) is -1.79. The number of methoxy groups -OCH3 is 1. The first kappa shape index (κ1) is 19.7. The zero-order valence-electron chi connectivity index (χ0n) is 14.4. The molecule has 0 spiro atoms. The van der Waals surface area contributed by atoms with Gasteiger partial charge in [-0.2, -0.15) is 13.2 Å². The van der Waals surface area contributed by atoms with E-state index in [-0.39, 0.29) is 34.3 Å². The number of fused-ring (bicyclic) bond motifs is 1. The molecule has 1 fully saturated rings. The standard InChI is InChI=1S/C17H17F3N2O4S/c1-25-15(24)10-4-5-12-13(7-10)21-16(27-9-17(18,19)20)22(14(12)23)8-11-3-2-6-26-11/h4-5,7,11H,2-3,6,8-9H2,1H3. The third-order valence-electron chi connectivity index (χ3n) is 4.12. The summed E-state index contributed by atoms with van der Waals surface area (Å²) in [5, 5.41) is 0.166. The molecule has 146 valence electrons. The minimum atomic E-state index is -4.40. The lowest BCUT2D eigenvalue weighted by Gasteiger charge is -2.17. The van der Waals surface area contributed by atoms with Gasteiger partial charge in [0, 0.05) is 6.61 Å². The molecule has 1 aliphatic heterocycles. The Morgan fingerprint density at radius 3 is 2.85 bits per heavy atom. The molecule has 0 aliphatic carbocycles. The molecular formula is C17H17F3N2O4S. The van der Waals surface area contributed by atoms with E-state index >= 15 is 0 Å². The number of benzene rings is 1. The Bertz CT molecular complexity index is 907. The average Bonchev–Trinajstić information content (AvgIpc) is 3.14. The minimum absolute atomic E-state index is 0.0534. The van der Waals surface area contributed by atoms with Crippen molar-refractivity contribution in [3.05, 3.63) is 34.1 Å². The molecule has 1 aliphatic rings. The molecule has 0 radical (unpaired) electrons. The summed E-state index contributed by atoms with van der Waals surface area (Å²) in [7, 11) is 1.21. The third kappa shape index (κ3) is 4.62. The lowest BCUT2D eigenvalue weighted by atomic mass is 10.1. The minimum Gasteiger partial charge on any atom is -0.465 e. The highest BCUT2D eigenvalue weighted by molar-refractivity contribution is 7.99. The van der Waals surface area contributed by atoms with Gasteiger partial charge in [-0.3, -0.25) is 9.36 Å². The van der Waals surface area contributed by atoms with Gasteiger partial charge < -0.3 is 9.47 Å². The fourth-order valence-electron chi connectivity index (χ4n) is 2.86. The highest BCUT2D eigenvalue weighted by atomic mass is 32.2. The first-order valence-electron chi connectivity index (χ1n) is 8.22. The summed E-state index contributed by atoms with van der Waals surface area (Å²) in [6.07, 6.45) is -3.07. The number of halogens is 3. The Labute approximate surface area is 156 Å². The Morgan fingerprint density at radius 1 is 1.44 bits per heavy atom. The highest BCUT2D eigenvalue weighted by Crippen LogP contribution is 2.27. The molecule has 0 bridgehead atoms. The van der Waals surface area contributed by atoms with Crippen molar-refractivity contribution in [2.24, 2.45) is 0 Å². The van der Waals surface area contributed by atoms with Crippen molar-refractivity contribution in [2.75, 3.05) is 19.5 Å². The van der Waals surface area contributed by atoms with Gasteiger partial charge in [0.05, 0.1) is 42.0 Å². The van der Waals surface area contributed by atoms with Crippen molar-refractivity contribution in [1.29, 1.82) is 0 Å². The van der Waals surface area contributed by atoms with E-state index < -0.39 is 23.5 Å². The molecule has 1 aromatic carbocycles. The van der Waals surface area contributed by atoms with Gasteiger partial charge in [-0.15, -0.1) is 0 Å². The van der Waals surface area contributed by atoms with Crippen molar-refractivity contribution < 1.29 is 27.4 Å². The van der Waals surface area contributed by atoms with Crippen LogP contribution in [0.4, 0.5) is 13.2 Å². The Hall–Kier alpha value is -2.07. The number of nitrogens with zero attached hydrogens (tertiary/aromatic N) is 2. The molecule has 2 heterocycles. The maximum absolute atomic E-state index is 12.9. The Morgan fingerprint density at radius 2 is 2.22 bits per heavy atom. The van der Waals surface area contributed by atoms with Crippen LogP contribution in [0.2, 0.25) is 0 Å². The van der Waals surface area contributed by atoms with Crippen LogP contribution in [0.3, 0.4) is 0 Å². The molecular weight excluding hydrogens is 385 g/mol. The van der Waals surface area contributed by atoms with E-state index in [0.717, 1.165) is 12.8 Å². The van der Waals surface area contributed by atoms with E-state index in [4.69, 9.17) is 4.74 Å².